The Labute approximate surface area is 96.5 Å². The molecule has 0 saturated heterocycles. The molecule has 6 heteroatoms. The van der Waals surface area contributed by atoms with Gasteiger partial charge in [0.05, 0.1) is 11.4 Å². The lowest BCUT2D eigenvalue weighted by Crippen LogP contribution is -2.12. The molecule has 0 atom stereocenters. The summed E-state index contributed by atoms with van der Waals surface area (Å²) < 4.78 is 4.99. The minimum absolute atomic E-state index is 0.227. The largest absolute Gasteiger partial charge is 0.438 e. The number of thiazole rings is 1. The van der Waals surface area contributed by atoms with Crippen LogP contribution in [0.5, 0.6) is 0 Å². The molecule has 0 saturated carbocycles. The zero-order chi connectivity index (χ0) is 11.7. The predicted molar refractivity (Wildman–Crippen MR) is 60.8 cm³/mol. The summed E-state index contributed by atoms with van der Waals surface area (Å²) in [6.07, 6.45) is 1.25. The Balaban J connectivity index is 2.17. The smallest absolute Gasteiger partial charge is 0.295 e. The summed E-state index contributed by atoms with van der Waals surface area (Å²) in [5.74, 6) is -0.0887. The fourth-order valence-corrected chi connectivity index (χ4v) is 2.01. The Morgan fingerprint density at radius 2 is 2.12 bits per heavy atom. The van der Waals surface area contributed by atoms with E-state index in [9.17, 15) is 4.79 Å². The fraction of sp³-hybridized carbons (Fsp3) is 0.300. The molecule has 2 aromatic heterocycles. The first-order chi connectivity index (χ1) is 7.58. The van der Waals surface area contributed by atoms with Crippen LogP contribution in [0.1, 0.15) is 26.8 Å². The average Bonchev–Trinajstić information content (AvgIpc) is 2.74. The number of nitrogens with one attached hydrogen (secondary N) is 1. The summed E-state index contributed by atoms with van der Waals surface area (Å²) in [4.78, 5) is 20.9. The first-order valence-corrected chi connectivity index (χ1v) is 5.55. The molecule has 2 rings (SSSR count). The predicted octanol–water partition coefficient (Wildman–Crippen LogP) is 2.31. The molecule has 0 aliphatic carbocycles. The second-order valence-corrected chi connectivity index (χ2v) is 4.58. The molecule has 2 aromatic rings. The third kappa shape index (κ3) is 1.96. The highest BCUT2D eigenvalue weighted by atomic mass is 32.1. The number of anilines is 1. The average molecular weight is 237 g/mol. The molecule has 0 unspecified atom stereocenters. The van der Waals surface area contributed by atoms with E-state index in [1.807, 2.05) is 13.8 Å². The highest BCUT2D eigenvalue weighted by molar-refractivity contribution is 7.15. The van der Waals surface area contributed by atoms with Gasteiger partial charge in [-0.2, -0.15) is 0 Å². The van der Waals surface area contributed by atoms with Crippen molar-refractivity contribution in [3.05, 3.63) is 28.4 Å². The molecule has 0 fully saturated rings. The van der Waals surface area contributed by atoms with E-state index < -0.39 is 0 Å². The van der Waals surface area contributed by atoms with Gasteiger partial charge in [-0.25, -0.2) is 9.97 Å². The zero-order valence-electron chi connectivity index (χ0n) is 9.20. The van der Waals surface area contributed by atoms with Crippen molar-refractivity contribution in [2.75, 3.05) is 5.32 Å². The molecule has 0 aromatic carbocycles. The van der Waals surface area contributed by atoms with Crippen molar-refractivity contribution in [2.24, 2.45) is 0 Å². The minimum atomic E-state index is -0.316. The maximum absolute atomic E-state index is 11.7. The van der Waals surface area contributed by atoms with Gasteiger partial charge in [0.1, 0.15) is 0 Å². The van der Waals surface area contributed by atoms with Crippen molar-refractivity contribution in [3.63, 3.8) is 0 Å². The lowest BCUT2D eigenvalue weighted by molar-refractivity contribution is 0.0996. The number of rotatable bonds is 2. The van der Waals surface area contributed by atoms with Gasteiger partial charge in [0.15, 0.2) is 11.5 Å². The fourth-order valence-electron chi connectivity index (χ4n) is 1.20. The van der Waals surface area contributed by atoms with Crippen molar-refractivity contribution >= 4 is 22.4 Å². The number of nitrogens with zero attached hydrogens (tertiary/aromatic N) is 2. The summed E-state index contributed by atoms with van der Waals surface area (Å²) >= 11 is 1.44. The third-order valence-electron chi connectivity index (χ3n) is 2.20. The van der Waals surface area contributed by atoms with Crippen molar-refractivity contribution in [3.8, 4) is 0 Å². The third-order valence-corrected chi connectivity index (χ3v) is 3.19. The topological polar surface area (TPSA) is 68.0 Å². The van der Waals surface area contributed by atoms with Crippen molar-refractivity contribution in [1.29, 1.82) is 0 Å². The second-order valence-electron chi connectivity index (χ2n) is 3.38. The molecule has 1 N–H and O–H groups in total. The van der Waals surface area contributed by atoms with Gasteiger partial charge >= 0.3 is 0 Å². The Kier molecular flexibility index (Phi) is 2.74. The maximum atomic E-state index is 11.7. The van der Waals surface area contributed by atoms with Crippen LogP contribution in [0.15, 0.2) is 10.8 Å². The van der Waals surface area contributed by atoms with Crippen molar-refractivity contribution in [2.45, 2.75) is 20.8 Å². The molecule has 0 bridgehead atoms. The van der Waals surface area contributed by atoms with Gasteiger partial charge < -0.3 is 4.42 Å². The van der Waals surface area contributed by atoms with E-state index in [0.29, 0.717) is 10.8 Å². The van der Waals surface area contributed by atoms with Gasteiger partial charge in [-0.05, 0) is 20.8 Å². The van der Waals surface area contributed by atoms with Crippen LogP contribution in [0.25, 0.3) is 0 Å². The highest BCUT2D eigenvalue weighted by Gasteiger charge is 2.15. The minimum Gasteiger partial charge on any atom is -0.438 e. The molecule has 2 heterocycles. The molecule has 1 amide bonds. The lowest BCUT2D eigenvalue weighted by atomic mass is 10.3. The summed E-state index contributed by atoms with van der Waals surface area (Å²) in [6.45, 7) is 5.58. The molecular weight excluding hydrogens is 226 g/mol. The van der Waals surface area contributed by atoms with Crippen LogP contribution in [-0.4, -0.2) is 15.9 Å². The van der Waals surface area contributed by atoms with Crippen LogP contribution in [0.3, 0.4) is 0 Å². The van der Waals surface area contributed by atoms with E-state index in [1.54, 1.807) is 6.92 Å². The summed E-state index contributed by atoms with van der Waals surface area (Å²) in [5, 5.41) is 3.26. The molecule has 5 nitrogen and oxygen atoms in total. The van der Waals surface area contributed by atoms with Gasteiger partial charge in [-0.3, -0.25) is 10.1 Å². The Bertz CT molecular complexity index is 510. The Hall–Kier alpha value is -1.69. The van der Waals surface area contributed by atoms with Crippen LogP contribution in [0, 0.1) is 20.8 Å². The molecule has 0 aliphatic rings. The monoisotopic (exact) mass is 237 g/mol. The standard InChI is InChI=1S/C10H11N3O2S/c1-5-7(3)16-10(12-5)13-9(14)8-6(2)11-4-15-8/h4H,1-3H3,(H,12,13,14). The number of carbonyl (C=O) groups excluding carboxylic acids is 1. The lowest BCUT2D eigenvalue weighted by Gasteiger charge is -1.97. The van der Waals surface area contributed by atoms with Crippen molar-refractivity contribution in [1.82, 2.24) is 9.97 Å². The molecule has 0 spiro atoms. The van der Waals surface area contributed by atoms with E-state index >= 15 is 0 Å². The number of hydrogen-bond acceptors (Lipinski definition) is 5. The summed E-state index contributed by atoms with van der Waals surface area (Å²) in [7, 11) is 0. The molecule has 0 aliphatic heterocycles. The number of carbonyl (C=O) groups is 1. The SMILES string of the molecule is Cc1ncoc1C(=O)Nc1nc(C)c(C)s1. The van der Waals surface area contributed by atoms with Gasteiger partial charge in [0.25, 0.3) is 5.91 Å². The Morgan fingerprint density at radius 3 is 2.62 bits per heavy atom. The first kappa shape index (κ1) is 10.8. The first-order valence-electron chi connectivity index (χ1n) is 4.73. The van der Waals surface area contributed by atoms with Crippen molar-refractivity contribution < 1.29 is 9.21 Å². The number of hydrogen-bond donors (Lipinski definition) is 1. The highest BCUT2D eigenvalue weighted by Crippen LogP contribution is 2.21. The zero-order valence-corrected chi connectivity index (χ0v) is 10.0. The van der Waals surface area contributed by atoms with Gasteiger partial charge in [0.2, 0.25) is 5.76 Å². The summed E-state index contributed by atoms with van der Waals surface area (Å²) in [5.41, 5.74) is 1.50. The van der Waals surface area contributed by atoms with E-state index in [4.69, 9.17) is 4.42 Å². The molecule has 84 valence electrons. The number of oxazole rings is 1. The molecular formula is C10H11N3O2S. The van der Waals surface area contributed by atoms with Crippen LogP contribution in [0.4, 0.5) is 5.13 Å². The second kappa shape index (κ2) is 4.05. The van der Waals surface area contributed by atoms with Gasteiger partial charge in [-0.15, -0.1) is 11.3 Å². The van der Waals surface area contributed by atoms with Crippen LogP contribution in [0.2, 0.25) is 0 Å². The van der Waals surface area contributed by atoms with Crippen LogP contribution >= 0.6 is 11.3 Å². The maximum Gasteiger partial charge on any atom is 0.295 e. The Morgan fingerprint density at radius 1 is 1.38 bits per heavy atom. The van der Waals surface area contributed by atoms with Gasteiger partial charge in [0, 0.05) is 4.88 Å². The van der Waals surface area contributed by atoms with Crippen LogP contribution in [-0.2, 0) is 0 Å². The van der Waals surface area contributed by atoms with E-state index in [-0.39, 0.29) is 11.7 Å². The van der Waals surface area contributed by atoms with E-state index in [1.165, 1.54) is 17.7 Å². The quantitative estimate of drug-likeness (QED) is 0.870. The number of amides is 1. The number of aryl methyl sites for hydroxylation is 3. The van der Waals surface area contributed by atoms with Crippen LogP contribution < -0.4 is 5.32 Å². The van der Waals surface area contributed by atoms with E-state index in [2.05, 4.69) is 15.3 Å². The van der Waals surface area contributed by atoms with E-state index in [0.717, 1.165) is 10.6 Å². The summed E-state index contributed by atoms with van der Waals surface area (Å²) in [6, 6.07) is 0. The normalized spacial score (nSPS) is 10.4. The molecule has 0 radical (unpaired) electrons. The molecule has 16 heavy (non-hydrogen) atoms. The van der Waals surface area contributed by atoms with Gasteiger partial charge in [-0.1, -0.05) is 0 Å². The number of aromatic nitrogens is 2.